The van der Waals surface area contributed by atoms with Gasteiger partial charge in [0.2, 0.25) is 0 Å². The van der Waals surface area contributed by atoms with Crippen molar-refractivity contribution in [3.63, 3.8) is 0 Å². The second-order valence-electron chi connectivity index (χ2n) is 15.7. The molecule has 0 amide bonds. The quantitative estimate of drug-likeness (QED) is 0.162. The molecule has 5 heteroatoms. The van der Waals surface area contributed by atoms with Crippen molar-refractivity contribution in [2.75, 3.05) is 0 Å². The molecule has 9 aromatic carbocycles. The number of para-hydroxylation sites is 4. The summed E-state index contributed by atoms with van der Waals surface area (Å²) in [5.74, 6) is 1.89. The number of hydrogen-bond donors (Lipinski definition) is 0. The Kier molecular flexibility index (Phi) is 8.42. The Labute approximate surface area is 358 Å². The minimum atomic E-state index is 0.623. The fraction of sp³-hybridized carbons (Fsp3) is 0. The zero-order chi connectivity index (χ0) is 41.0. The first-order chi connectivity index (χ1) is 30.7. The standard InChI is InChI=1S/C57H37N5/c1-3-15-38(16-4-1)39-27-31-42(32-28-39)56-58-55(41-17-5-2-6-18-41)59-57(60-56)43-33-29-40(30-34-43)44-35-45(61-51-23-11-7-19-47(51)48-20-8-12-24-52(48)61)37-46(36-44)62-53-25-13-9-21-49(53)50-22-10-14-26-54(50)62/h1-37H. The number of hydrogen-bond acceptors (Lipinski definition) is 3. The van der Waals surface area contributed by atoms with Gasteiger partial charge in [0.15, 0.2) is 17.5 Å². The molecule has 0 aliphatic heterocycles. The Hall–Kier alpha value is -8.41. The molecule has 3 heterocycles. The first-order valence-electron chi connectivity index (χ1n) is 20.9. The maximum absolute atomic E-state index is 5.09. The van der Waals surface area contributed by atoms with Gasteiger partial charge in [-0.15, -0.1) is 0 Å². The van der Waals surface area contributed by atoms with E-state index in [1.807, 2.05) is 36.4 Å². The predicted molar refractivity (Wildman–Crippen MR) is 256 cm³/mol. The van der Waals surface area contributed by atoms with Gasteiger partial charge in [0.1, 0.15) is 0 Å². The smallest absolute Gasteiger partial charge is 0.164 e. The minimum Gasteiger partial charge on any atom is -0.309 e. The summed E-state index contributed by atoms with van der Waals surface area (Å²) in [4.78, 5) is 15.1. The van der Waals surface area contributed by atoms with Gasteiger partial charge < -0.3 is 9.13 Å². The van der Waals surface area contributed by atoms with Crippen molar-refractivity contribution >= 4 is 43.6 Å². The molecule has 0 saturated heterocycles. The van der Waals surface area contributed by atoms with Crippen molar-refractivity contribution in [3.05, 3.63) is 224 Å². The van der Waals surface area contributed by atoms with Crippen LogP contribution in [0.15, 0.2) is 224 Å². The van der Waals surface area contributed by atoms with Gasteiger partial charge in [-0.1, -0.05) is 182 Å². The van der Waals surface area contributed by atoms with Gasteiger partial charge in [0, 0.05) is 49.6 Å². The Balaban J connectivity index is 1.01. The molecule has 62 heavy (non-hydrogen) atoms. The molecule has 0 spiro atoms. The largest absolute Gasteiger partial charge is 0.309 e. The number of benzene rings is 9. The summed E-state index contributed by atoms with van der Waals surface area (Å²) in [5, 5.41) is 4.93. The third kappa shape index (κ3) is 6.06. The van der Waals surface area contributed by atoms with Gasteiger partial charge in [0.05, 0.1) is 22.1 Å². The molecule has 290 valence electrons. The lowest BCUT2D eigenvalue weighted by atomic mass is 10.0. The third-order valence-corrected chi connectivity index (χ3v) is 12.0. The highest BCUT2D eigenvalue weighted by molar-refractivity contribution is 6.10. The highest BCUT2D eigenvalue weighted by atomic mass is 15.0. The van der Waals surface area contributed by atoms with Crippen LogP contribution in [0.3, 0.4) is 0 Å². The van der Waals surface area contributed by atoms with E-state index in [0.29, 0.717) is 17.5 Å². The average molecular weight is 792 g/mol. The number of rotatable bonds is 7. The van der Waals surface area contributed by atoms with Crippen LogP contribution in [-0.4, -0.2) is 24.1 Å². The molecule has 0 radical (unpaired) electrons. The van der Waals surface area contributed by atoms with Gasteiger partial charge >= 0.3 is 0 Å². The molecular weight excluding hydrogens is 755 g/mol. The molecule has 12 aromatic rings. The van der Waals surface area contributed by atoms with Crippen molar-refractivity contribution in [1.29, 1.82) is 0 Å². The normalized spacial score (nSPS) is 11.5. The topological polar surface area (TPSA) is 48.5 Å². The Morgan fingerprint density at radius 2 is 0.500 bits per heavy atom. The van der Waals surface area contributed by atoms with Crippen molar-refractivity contribution in [1.82, 2.24) is 24.1 Å². The molecule has 0 bridgehead atoms. The second-order valence-corrected chi connectivity index (χ2v) is 15.7. The second kappa shape index (κ2) is 14.7. The van der Waals surface area contributed by atoms with Gasteiger partial charge in [0.25, 0.3) is 0 Å². The van der Waals surface area contributed by atoms with E-state index in [1.54, 1.807) is 0 Å². The van der Waals surface area contributed by atoms with Crippen molar-refractivity contribution in [2.24, 2.45) is 0 Å². The maximum Gasteiger partial charge on any atom is 0.164 e. The van der Waals surface area contributed by atoms with Crippen LogP contribution in [0.2, 0.25) is 0 Å². The summed E-state index contributed by atoms with van der Waals surface area (Å²) < 4.78 is 4.81. The van der Waals surface area contributed by atoms with E-state index in [-0.39, 0.29) is 0 Å². The van der Waals surface area contributed by atoms with Crippen LogP contribution in [0.1, 0.15) is 0 Å². The monoisotopic (exact) mass is 791 g/mol. The molecule has 0 atom stereocenters. The van der Waals surface area contributed by atoms with E-state index >= 15 is 0 Å². The van der Waals surface area contributed by atoms with Gasteiger partial charge in [-0.3, -0.25) is 0 Å². The first kappa shape index (κ1) is 35.5. The number of fused-ring (bicyclic) bond motifs is 6. The summed E-state index contributed by atoms with van der Waals surface area (Å²) in [7, 11) is 0. The summed E-state index contributed by atoms with van der Waals surface area (Å²) in [5.41, 5.74) is 14.2. The molecule has 0 saturated carbocycles. The minimum absolute atomic E-state index is 0.623. The van der Waals surface area contributed by atoms with E-state index in [0.717, 1.165) is 44.8 Å². The van der Waals surface area contributed by atoms with Crippen LogP contribution in [0, 0.1) is 0 Å². The van der Waals surface area contributed by atoms with Crippen molar-refractivity contribution in [3.8, 4) is 67.8 Å². The van der Waals surface area contributed by atoms with Crippen LogP contribution in [0.4, 0.5) is 0 Å². The molecule has 0 N–H and O–H groups in total. The van der Waals surface area contributed by atoms with E-state index in [1.165, 1.54) is 49.2 Å². The van der Waals surface area contributed by atoms with Crippen LogP contribution in [0.25, 0.3) is 111 Å². The van der Waals surface area contributed by atoms with Crippen molar-refractivity contribution in [2.45, 2.75) is 0 Å². The highest BCUT2D eigenvalue weighted by Crippen LogP contribution is 2.38. The van der Waals surface area contributed by atoms with Gasteiger partial charge in [-0.25, -0.2) is 15.0 Å². The fourth-order valence-corrected chi connectivity index (χ4v) is 9.03. The lowest BCUT2D eigenvalue weighted by Crippen LogP contribution is -2.01. The zero-order valence-electron chi connectivity index (χ0n) is 33.6. The molecule has 0 aliphatic carbocycles. The van der Waals surface area contributed by atoms with Crippen LogP contribution in [-0.2, 0) is 0 Å². The Morgan fingerprint density at radius 3 is 0.887 bits per heavy atom. The summed E-state index contributed by atoms with van der Waals surface area (Å²) in [6.45, 7) is 0. The SMILES string of the molecule is c1ccc(-c2ccc(-c3nc(-c4ccccc4)nc(-c4ccc(-c5cc(-n6c7ccccc7c7ccccc76)cc(-n6c7ccccc7c7ccccc76)c5)cc4)n3)cc2)cc1. The Morgan fingerprint density at radius 1 is 0.226 bits per heavy atom. The van der Waals surface area contributed by atoms with E-state index in [2.05, 4.69) is 197 Å². The fourth-order valence-electron chi connectivity index (χ4n) is 9.03. The molecule has 0 fully saturated rings. The van der Waals surface area contributed by atoms with Gasteiger partial charge in [-0.05, 0) is 64.7 Å². The lowest BCUT2D eigenvalue weighted by Gasteiger charge is -2.16. The molecule has 0 unspecified atom stereocenters. The number of nitrogens with zero attached hydrogens (tertiary/aromatic N) is 5. The van der Waals surface area contributed by atoms with E-state index < -0.39 is 0 Å². The maximum atomic E-state index is 5.09. The van der Waals surface area contributed by atoms with Crippen molar-refractivity contribution < 1.29 is 0 Å². The van der Waals surface area contributed by atoms with E-state index in [4.69, 9.17) is 15.0 Å². The van der Waals surface area contributed by atoms with E-state index in [9.17, 15) is 0 Å². The molecule has 3 aromatic heterocycles. The molecule has 0 aliphatic rings. The summed E-state index contributed by atoms with van der Waals surface area (Å²) in [6.07, 6.45) is 0. The average Bonchev–Trinajstić information content (AvgIpc) is 3.88. The Bertz CT molecular complexity index is 3370. The molecular formula is C57H37N5. The third-order valence-electron chi connectivity index (χ3n) is 12.0. The lowest BCUT2D eigenvalue weighted by molar-refractivity contribution is 1.07. The zero-order valence-corrected chi connectivity index (χ0v) is 33.6. The van der Waals surface area contributed by atoms with Crippen LogP contribution >= 0.6 is 0 Å². The van der Waals surface area contributed by atoms with Gasteiger partial charge in [-0.2, -0.15) is 0 Å². The summed E-state index contributed by atoms with van der Waals surface area (Å²) >= 11 is 0. The first-order valence-corrected chi connectivity index (χ1v) is 20.9. The number of aromatic nitrogens is 5. The van der Waals surface area contributed by atoms with Crippen LogP contribution in [0.5, 0.6) is 0 Å². The molecule has 12 rings (SSSR count). The molecule has 5 nitrogen and oxygen atoms in total. The highest BCUT2D eigenvalue weighted by Gasteiger charge is 2.18. The summed E-state index contributed by atoms with van der Waals surface area (Å²) in [6, 6.07) is 79.4. The van der Waals surface area contributed by atoms with Crippen LogP contribution < -0.4 is 0 Å². The predicted octanol–water partition coefficient (Wildman–Crippen LogP) is 14.4.